The molecule has 1 heterocycles. The highest BCUT2D eigenvalue weighted by Gasteiger charge is 2.31. The molecule has 1 aromatic heterocycles. The number of carbonyl (C=O) groups excluding carboxylic acids is 1. The topological polar surface area (TPSA) is 50.4 Å². The molecule has 1 fully saturated rings. The first-order chi connectivity index (χ1) is 12.3. The number of carbonyl (C=O) groups is 1. The highest BCUT2D eigenvalue weighted by atomic mass is 32.1. The van der Waals surface area contributed by atoms with Gasteiger partial charge in [-0.05, 0) is 74.1 Å². The van der Waals surface area contributed by atoms with Gasteiger partial charge in [0.25, 0.3) is 0 Å². The summed E-state index contributed by atoms with van der Waals surface area (Å²) < 4.78 is 5.00. The Balaban J connectivity index is 1.60. The Bertz CT molecular complexity index is 683. The maximum Gasteiger partial charge on any atom is 0.341 e. The molecule has 2 aliphatic carbocycles. The summed E-state index contributed by atoms with van der Waals surface area (Å²) in [7, 11) is 1.44. The first-order valence-electron chi connectivity index (χ1n) is 9.60. The number of nitrogens with one attached hydrogen (secondary N) is 2. The van der Waals surface area contributed by atoms with Gasteiger partial charge in [-0.1, -0.05) is 20.8 Å². The van der Waals surface area contributed by atoms with Crippen LogP contribution in [0.5, 0.6) is 0 Å². The van der Waals surface area contributed by atoms with Crippen LogP contribution >= 0.6 is 23.6 Å². The zero-order chi connectivity index (χ0) is 18.9. The molecule has 0 saturated heterocycles. The zero-order valence-corrected chi connectivity index (χ0v) is 17.9. The number of thiocarbonyl (C=S) groups is 1. The van der Waals surface area contributed by atoms with E-state index in [1.165, 1.54) is 24.8 Å². The van der Waals surface area contributed by atoms with Crippen LogP contribution < -0.4 is 10.6 Å². The molecule has 144 valence electrons. The molecule has 0 amide bonds. The molecule has 4 nitrogen and oxygen atoms in total. The maximum absolute atomic E-state index is 12.2. The fourth-order valence-electron chi connectivity index (χ4n) is 4.24. The number of hydrogen-bond acceptors (Lipinski definition) is 4. The molecule has 0 radical (unpaired) electrons. The molecule has 26 heavy (non-hydrogen) atoms. The van der Waals surface area contributed by atoms with Crippen molar-refractivity contribution >= 4 is 39.6 Å². The molecule has 0 unspecified atom stereocenters. The highest BCUT2D eigenvalue weighted by molar-refractivity contribution is 7.80. The minimum atomic E-state index is -0.264. The van der Waals surface area contributed by atoms with E-state index in [1.54, 1.807) is 11.3 Å². The van der Waals surface area contributed by atoms with E-state index in [2.05, 4.69) is 31.4 Å². The molecule has 0 aliphatic heterocycles. The first kappa shape index (κ1) is 19.6. The molecule has 0 atom stereocenters. The molecular formula is C20H30N2O2S2. The number of thiophene rings is 1. The number of rotatable bonds is 3. The van der Waals surface area contributed by atoms with Gasteiger partial charge in [-0.15, -0.1) is 11.3 Å². The lowest BCUT2D eigenvalue weighted by Gasteiger charge is -2.37. The van der Waals surface area contributed by atoms with Gasteiger partial charge in [0.1, 0.15) is 5.00 Å². The van der Waals surface area contributed by atoms with Crippen molar-refractivity contribution in [2.45, 2.75) is 71.8 Å². The Morgan fingerprint density at radius 1 is 1.19 bits per heavy atom. The average Bonchev–Trinajstić information content (AvgIpc) is 3.14. The third-order valence-electron chi connectivity index (χ3n) is 5.83. The standard InChI is InChI=1S/C20H30N2O2S2/c1-20(2,3)12-8-10-13(11-9-12)21-19(25)22-17-16(18(23)24-4)14-6-5-7-15(14)26-17/h12-13H,5-11H2,1-4H3,(H2,21,22,25). The third-order valence-corrected chi connectivity index (χ3v) is 7.25. The fraction of sp³-hybridized carbons (Fsp3) is 0.700. The number of fused-ring (bicyclic) bond motifs is 1. The largest absolute Gasteiger partial charge is 0.465 e. The van der Waals surface area contributed by atoms with Gasteiger partial charge in [-0.25, -0.2) is 4.79 Å². The average molecular weight is 395 g/mol. The summed E-state index contributed by atoms with van der Waals surface area (Å²) >= 11 is 7.19. The summed E-state index contributed by atoms with van der Waals surface area (Å²) in [5, 5.41) is 8.20. The van der Waals surface area contributed by atoms with E-state index in [1.807, 2.05) is 0 Å². The highest BCUT2D eigenvalue weighted by Crippen LogP contribution is 2.40. The van der Waals surface area contributed by atoms with Gasteiger partial charge in [-0.2, -0.15) is 0 Å². The number of anilines is 1. The van der Waals surface area contributed by atoms with Crippen LogP contribution in [0.4, 0.5) is 5.00 Å². The van der Waals surface area contributed by atoms with Gasteiger partial charge < -0.3 is 15.4 Å². The quantitative estimate of drug-likeness (QED) is 0.563. The fourth-order valence-corrected chi connectivity index (χ4v) is 5.85. The van der Waals surface area contributed by atoms with Crippen LogP contribution in [0.2, 0.25) is 0 Å². The number of hydrogen-bond donors (Lipinski definition) is 2. The van der Waals surface area contributed by atoms with Crippen molar-refractivity contribution in [1.82, 2.24) is 5.32 Å². The summed E-state index contributed by atoms with van der Waals surface area (Å²) in [5.74, 6) is 0.522. The van der Waals surface area contributed by atoms with Crippen molar-refractivity contribution in [3.63, 3.8) is 0 Å². The summed E-state index contributed by atoms with van der Waals surface area (Å²) in [6, 6.07) is 0.419. The van der Waals surface area contributed by atoms with Crippen molar-refractivity contribution in [1.29, 1.82) is 0 Å². The molecule has 1 saturated carbocycles. The van der Waals surface area contributed by atoms with Crippen molar-refractivity contribution < 1.29 is 9.53 Å². The van der Waals surface area contributed by atoms with Crippen molar-refractivity contribution in [2.24, 2.45) is 11.3 Å². The Hall–Kier alpha value is -1.14. The maximum atomic E-state index is 12.2. The van der Waals surface area contributed by atoms with Gasteiger partial charge in [0, 0.05) is 10.9 Å². The van der Waals surface area contributed by atoms with Crippen molar-refractivity contribution in [3.8, 4) is 0 Å². The van der Waals surface area contributed by atoms with Crippen LogP contribution in [0.1, 0.15) is 73.7 Å². The van der Waals surface area contributed by atoms with Crippen molar-refractivity contribution in [2.75, 3.05) is 12.4 Å². The van der Waals surface area contributed by atoms with Crippen LogP contribution in [0.15, 0.2) is 0 Å². The lowest BCUT2D eigenvalue weighted by molar-refractivity contribution is 0.0601. The van der Waals surface area contributed by atoms with Gasteiger partial charge in [-0.3, -0.25) is 0 Å². The molecule has 1 aromatic rings. The van der Waals surface area contributed by atoms with E-state index in [-0.39, 0.29) is 5.97 Å². The predicted molar refractivity (Wildman–Crippen MR) is 112 cm³/mol. The van der Waals surface area contributed by atoms with Gasteiger partial charge in [0.2, 0.25) is 0 Å². The molecular weight excluding hydrogens is 364 g/mol. The van der Waals surface area contributed by atoms with Crippen LogP contribution in [0, 0.1) is 11.3 Å². The van der Waals surface area contributed by atoms with E-state index >= 15 is 0 Å². The second kappa shape index (κ2) is 7.85. The zero-order valence-electron chi connectivity index (χ0n) is 16.2. The minimum absolute atomic E-state index is 0.264. The molecule has 2 aliphatic rings. The summed E-state index contributed by atoms with van der Waals surface area (Å²) in [4.78, 5) is 13.5. The minimum Gasteiger partial charge on any atom is -0.465 e. The van der Waals surface area contributed by atoms with Crippen molar-refractivity contribution in [3.05, 3.63) is 16.0 Å². The smallest absolute Gasteiger partial charge is 0.341 e. The Labute approximate surface area is 166 Å². The Kier molecular flexibility index (Phi) is 5.92. The summed E-state index contributed by atoms with van der Waals surface area (Å²) in [6.45, 7) is 7.01. The van der Waals surface area contributed by atoms with E-state index < -0.39 is 0 Å². The van der Waals surface area contributed by atoms with Crippen LogP contribution in [-0.4, -0.2) is 24.2 Å². The first-order valence-corrected chi connectivity index (χ1v) is 10.8. The van der Waals surface area contributed by atoms with E-state index in [4.69, 9.17) is 17.0 Å². The van der Waals surface area contributed by atoms with E-state index in [0.717, 1.165) is 48.6 Å². The molecule has 0 spiro atoms. The molecule has 6 heteroatoms. The van der Waals surface area contributed by atoms with E-state index in [9.17, 15) is 4.79 Å². The number of ether oxygens (including phenoxy) is 1. The van der Waals surface area contributed by atoms with Gasteiger partial charge >= 0.3 is 5.97 Å². The number of methoxy groups -OCH3 is 1. The van der Waals surface area contributed by atoms with Gasteiger partial charge in [0.05, 0.1) is 12.7 Å². The second-order valence-corrected chi connectivity index (χ2v) is 10.1. The SMILES string of the molecule is COC(=O)c1c(NC(=S)NC2CCC(C(C)(C)C)CC2)sc2c1CCC2. The molecule has 0 aromatic carbocycles. The molecule has 2 N–H and O–H groups in total. The predicted octanol–water partition coefficient (Wildman–Crippen LogP) is 4.91. The second-order valence-electron chi connectivity index (χ2n) is 8.57. The molecule has 3 rings (SSSR count). The summed E-state index contributed by atoms with van der Waals surface area (Å²) in [6.07, 6.45) is 7.89. The van der Waals surface area contributed by atoms with Crippen LogP contribution in [-0.2, 0) is 17.6 Å². The van der Waals surface area contributed by atoms with Crippen LogP contribution in [0.3, 0.4) is 0 Å². The number of esters is 1. The van der Waals surface area contributed by atoms with Crippen LogP contribution in [0.25, 0.3) is 0 Å². The monoisotopic (exact) mass is 394 g/mol. The summed E-state index contributed by atoms with van der Waals surface area (Å²) in [5.41, 5.74) is 2.22. The normalized spacial score (nSPS) is 22.6. The van der Waals surface area contributed by atoms with E-state index in [0.29, 0.717) is 22.1 Å². The lowest BCUT2D eigenvalue weighted by atomic mass is 9.71. The number of aryl methyl sites for hydroxylation is 1. The third kappa shape index (κ3) is 4.22. The molecule has 0 bridgehead atoms. The van der Waals surface area contributed by atoms with Gasteiger partial charge in [0.15, 0.2) is 5.11 Å². The Morgan fingerprint density at radius 2 is 1.88 bits per heavy atom. The lowest BCUT2D eigenvalue weighted by Crippen LogP contribution is -2.41. The Morgan fingerprint density at radius 3 is 2.50 bits per heavy atom.